The number of hydrogen-bond donors (Lipinski definition) is 1. The molecule has 0 radical (unpaired) electrons. The van der Waals surface area contributed by atoms with Crippen LogP contribution >= 0.6 is 11.6 Å². The van der Waals surface area contributed by atoms with E-state index in [2.05, 4.69) is 5.32 Å². The van der Waals surface area contributed by atoms with E-state index in [-0.39, 0.29) is 24.7 Å². The molecule has 1 aliphatic rings. The minimum absolute atomic E-state index is 0.118. The van der Waals surface area contributed by atoms with Crippen molar-refractivity contribution in [3.05, 3.63) is 34.9 Å². The molecular weight excluding hydrogens is 356 g/mol. The molecule has 7 heteroatoms. The molecule has 0 bridgehead atoms. The second kappa shape index (κ2) is 10.2. The fourth-order valence-electron chi connectivity index (χ4n) is 2.85. The molecule has 1 aromatic carbocycles. The maximum atomic E-state index is 12.6. The average molecular weight is 381 g/mol. The van der Waals surface area contributed by atoms with E-state index < -0.39 is 12.0 Å². The third-order valence-electron chi connectivity index (χ3n) is 4.34. The van der Waals surface area contributed by atoms with Gasteiger partial charge in [-0.3, -0.25) is 14.4 Å². The number of rotatable bonds is 8. The van der Waals surface area contributed by atoms with Crippen molar-refractivity contribution in [2.45, 2.75) is 45.1 Å². The topological polar surface area (TPSA) is 75.7 Å². The Labute approximate surface area is 158 Å². The van der Waals surface area contributed by atoms with Crippen molar-refractivity contribution in [1.29, 1.82) is 0 Å². The minimum atomic E-state index is -0.809. The summed E-state index contributed by atoms with van der Waals surface area (Å²) in [5, 5.41) is 3.33. The normalized spacial score (nSPS) is 16.9. The van der Waals surface area contributed by atoms with Crippen LogP contribution < -0.4 is 5.32 Å². The van der Waals surface area contributed by atoms with E-state index in [0.29, 0.717) is 31.1 Å². The molecule has 1 atom stereocenters. The first kappa shape index (κ1) is 20.2. The van der Waals surface area contributed by atoms with E-state index >= 15 is 0 Å². The van der Waals surface area contributed by atoms with Gasteiger partial charge in [0, 0.05) is 24.5 Å². The third kappa shape index (κ3) is 5.73. The summed E-state index contributed by atoms with van der Waals surface area (Å²) in [5.41, 5.74) is 0.888. The molecule has 142 valence electrons. The molecule has 1 N–H and O–H groups in total. The lowest BCUT2D eigenvalue weighted by molar-refractivity contribution is -0.152. The zero-order valence-electron chi connectivity index (χ0n) is 15.0. The van der Waals surface area contributed by atoms with Crippen molar-refractivity contribution in [3.63, 3.8) is 0 Å². The maximum absolute atomic E-state index is 12.6. The number of halogens is 1. The number of hydrogen-bond acceptors (Lipinski definition) is 4. The van der Waals surface area contributed by atoms with Gasteiger partial charge in [0.1, 0.15) is 6.04 Å². The summed E-state index contributed by atoms with van der Waals surface area (Å²) < 4.78 is 5.13. The van der Waals surface area contributed by atoms with Crippen LogP contribution in [0.1, 0.15) is 38.2 Å². The van der Waals surface area contributed by atoms with Crippen LogP contribution in [0.4, 0.5) is 0 Å². The van der Waals surface area contributed by atoms with Gasteiger partial charge in [-0.05, 0) is 24.5 Å². The summed E-state index contributed by atoms with van der Waals surface area (Å²) in [7, 11) is 0. The van der Waals surface area contributed by atoms with Gasteiger partial charge in [-0.2, -0.15) is 0 Å². The van der Waals surface area contributed by atoms with Gasteiger partial charge >= 0.3 is 5.97 Å². The van der Waals surface area contributed by atoms with Crippen molar-refractivity contribution in [3.8, 4) is 0 Å². The lowest BCUT2D eigenvalue weighted by atomic mass is 10.1. The highest BCUT2D eigenvalue weighted by molar-refractivity contribution is 6.31. The van der Waals surface area contributed by atoms with Gasteiger partial charge in [-0.1, -0.05) is 43.1 Å². The molecule has 2 rings (SSSR count). The summed E-state index contributed by atoms with van der Waals surface area (Å²) in [6, 6.07) is 6.56. The molecule has 0 aromatic heterocycles. The van der Waals surface area contributed by atoms with Gasteiger partial charge < -0.3 is 15.0 Å². The number of esters is 1. The number of unbranched alkanes of at least 4 members (excludes halogenated alkanes) is 1. The minimum Gasteiger partial charge on any atom is -0.466 e. The Kier molecular flexibility index (Phi) is 7.91. The summed E-state index contributed by atoms with van der Waals surface area (Å²) in [5.74, 6) is -0.926. The maximum Gasteiger partial charge on any atom is 0.308 e. The Morgan fingerprint density at radius 3 is 2.85 bits per heavy atom. The van der Waals surface area contributed by atoms with Crippen LogP contribution in [0.3, 0.4) is 0 Å². The van der Waals surface area contributed by atoms with Gasteiger partial charge in [0.05, 0.1) is 13.0 Å². The van der Waals surface area contributed by atoms with E-state index in [1.807, 2.05) is 25.1 Å². The SMILES string of the molecule is CCCCOC(=O)CC1C(=O)NCCN1C(=O)CCc1ccccc1Cl. The first-order chi connectivity index (χ1) is 12.5. The van der Waals surface area contributed by atoms with E-state index in [1.54, 1.807) is 6.07 Å². The molecule has 1 fully saturated rings. The Hall–Kier alpha value is -2.08. The van der Waals surface area contributed by atoms with E-state index in [4.69, 9.17) is 16.3 Å². The largest absolute Gasteiger partial charge is 0.466 e. The fraction of sp³-hybridized carbons (Fsp3) is 0.526. The van der Waals surface area contributed by atoms with Crippen molar-refractivity contribution >= 4 is 29.4 Å². The highest BCUT2D eigenvalue weighted by Gasteiger charge is 2.34. The predicted octanol–water partition coefficient (Wildman–Crippen LogP) is 2.33. The Balaban J connectivity index is 1.95. The number of carbonyl (C=O) groups is 3. The Morgan fingerprint density at radius 2 is 2.12 bits per heavy atom. The smallest absolute Gasteiger partial charge is 0.308 e. The number of nitrogens with one attached hydrogen (secondary N) is 1. The van der Waals surface area contributed by atoms with Crippen LogP contribution in [0.25, 0.3) is 0 Å². The summed E-state index contributed by atoms with van der Waals surface area (Å²) in [6.45, 7) is 3.12. The van der Waals surface area contributed by atoms with Crippen molar-refractivity contribution in [1.82, 2.24) is 10.2 Å². The zero-order valence-corrected chi connectivity index (χ0v) is 15.8. The third-order valence-corrected chi connectivity index (χ3v) is 4.71. The van der Waals surface area contributed by atoms with Gasteiger partial charge in [0.15, 0.2) is 0 Å². The quantitative estimate of drug-likeness (QED) is 0.554. The standard InChI is InChI=1S/C19H25ClN2O4/c1-2-3-12-26-18(24)13-16-19(25)21-10-11-22(16)17(23)9-8-14-6-4-5-7-15(14)20/h4-7,16H,2-3,8-13H2,1H3,(H,21,25). The lowest BCUT2D eigenvalue weighted by Crippen LogP contribution is -2.57. The Morgan fingerprint density at radius 1 is 1.35 bits per heavy atom. The van der Waals surface area contributed by atoms with Gasteiger partial charge in [0.25, 0.3) is 0 Å². The molecular formula is C19H25ClN2O4. The molecule has 1 aromatic rings. The highest BCUT2D eigenvalue weighted by atomic mass is 35.5. The summed E-state index contributed by atoms with van der Waals surface area (Å²) >= 11 is 6.12. The summed E-state index contributed by atoms with van der Waals surface area (Å²) in [6.07, 6.45) is 2.31. The van der Waals surface area contributed by atoms with Gasteiger partial charge in [-0.15, -0.1) is 0 Å². The van der Waals surface area contributed by atoms with Crippen LogP contribution in [0.2, 0.25) is 5.02 Å². The zero-order chi connectivity index (χ0) is 18.9. The highest BCUT2D eigenvalue weighted by Crippen LogP contribution is 2.18. The molecule has 1 saturated heterocycles. The van der Waals surface area contributed by atoms with Crippen LogP contribution in [0.5, 0.6) is 0 Å². The number of carbonyl (C=O) groups excluding carboxylic acids is 3. The van der Waals surface area contributed by atoms with E-state index in [1.165, 1.54) is 4.90 Å². The van der Waals surface area contributed by atoms with E-state index in [9.17, 15) is 14.4 Å². The predicted molar refractivity (Wildman–Crippen MR) is 98.8 cm³/mol. The number of aryl methyl sites for hydroxylation is 1. The van der Waals surface area contributed by atoms with Gasteiger partial charge in [-0.25, -0.2) is 0 Å². The number of amides is 2. The number of benzene rings is 1. The molecule has 0 spiro atoms. The van der Waals surface area contributed by atoms with Gasteiger partial charge in [0.2, 0.25) is 11.8 Å². The molecule has 1 unspecified atom stereocenters. The van der Waals surface area contributed by atoms with Crippen LogP contribution in [-0.4, -0.2) is 48.4 Å². The average Bonchev–Trinajstić information content (AvgIpc) is 2.62. The first-order valence-electron chi connectivity index (χ1n) is 8.99. The molecule has 2 amide bonds. The Bertz CT molecular complexity index is 650. The second-order valence-electron chi connectivity index (χ2n) is 6.26. The molecule has 1 aliphatic heterocycles. The van der Waals surface area contributed by atoms with Crippen LogP contribution in [-0.2, 0) is 25.5 Å². The number of piperazine rings is 1. The molecule has 1 heterocycles. The fourth-order valence-corrected chi connectivity index (χ4v) is 3.08. The molecule has 6 nitrogen and oxygen atoms in total. The van der Waals surface area contributed by atoms with Crippen LogP contribution in [0.15, 0.2) is 24.3 Å². The molecule has 26 heavy (non-hydrogen) atoms. The van der Waals surface area contributed by atoms with Crippen LogP contribution in [0, 0.1) is 0 Å². The van der Waals surface area contributed by atoms with Crippen molar-refractivity contribution in [2.75, 3.05) is 19.7 Å². The van der Waals surface area contributed by atoms with Crippen molar-refractivity contribution in [2.24, 2.45) is 0 Å². The molecule has 0 aliphatic carbocycles. The molecule has 0 saturated carbocycles. The monoisotopic (exact) mass is 380 g/mol. The number of nitrogens with zero attached hydrogens (tertiary/aromatic N) is 1. The second-order valence-corrected chi connectivity index (χ2v) is 6.67. The summed E-state index contributed by atoms with van der Waals surface area (Å²) in [4.78, 5) is 38.2. The van der Waals surface area contributed by atoms with Crippen molar-refractivity contribution < 1.29 is 19.1 Å². The number of ether oxygens (including phenoxy) is 1. The van der Waals surface area contributed by atoms with E-state index in [0.717, 1.165) is 18.4 Å². The first-order valence-corrected chi connectivity index (χ1v) is 9.37. The lowest BCUT2D eigenvalue weighted by Gasteiger charge is -2.34.